The molecule has 1 aromatic rings. The van der Waals surface area contributed by atoms with E-state index in [0.29, 0.717) is 5.82 Å². The van der Waals surface area contributed by atoms with Crippen molar-refractivity contribution in [2.24, 2.45) is 5.41 Å². The standard InChI is InChI=1S/C12H18N2O/c1-5-9-7-6-8-10(13-9)14-11(15)12(2,3)4/h6-8H,5H2,1-4H3,(H,13,14,15). The van der Waals surface area contributed by atoms with E-state index in [-0.39, 0.29) is 11.3 Å². The lowest BCUT2D eigenvalue weighted by molar-refractivity contribution is -0.123. The Morgan fingerprint density at radius 1 is 1.40 bits per heavy atom. The van der Waals surface area contributed by atoms with Crippen LogP contribution in [0.15, 0.2) is 18.2 Å². The number of amides is 1. The number of anilines is 1. The zero-order valence-electron chi connectivity index (χ0n) is 9.79. The van der Waals surface area contributed by atoms with Crippen LogP contribution in [-0.2, 0) is 11.2 Å². The molecule has 1 rings (SSSR count). The van der Waals surface area contributed by atoms with Crippen molar-refractivity contribution in [1.82, 2.24) is 4.98 Å². The van der Waals surface area contributed by atoms with Gasteiger partial charge in [-0.25, -0.2) is 4.98 Å². The lowest BCUT2D eigenvalue weighted by atomic mass is 9.96. The summed E-state index contributed by atoms with van der Waals surface area (Å²) in [7, 11) is 0. The first-order chi connectivity index (χ1) is 6.93. The fourth-order valence-electron chi connectivity index (χ4n) is 1.05. The van der Waals surface area contributed by atoms with E-state index >= 15 is 0 Å². The number of carbonyl (C=O) groups excluding carboxylic acids is 1. The van der Waals surface area contributed by atoms with Crippen molar-refractivity contribution in [3.8, 4) is 0 Å². The van der Waals surface area contributed by atoms with Crippen molar-refractivity contribution in [3.63, 3.8) is 0 Å². The van der Waals surface area contributed by atoms with Crippen LogP contribution in [0.4, 0.5) is 5.82 Å². The van der Waals surface area contributed by atoms with E-state index < -0.39 is 0 Å². The third-order valence-corrected chi connectivity index (χ3v) is 2.09. The van der Waals surface area contributed by atoms with Gasteiger partial charge < -0.3 is 5.32 Å². The Balaban J connectivity index is 2.77. The molecule has 0 aromatic carbocycles. The van der Waals surface area contributed by atoms with Crippen molar-refractivity contribution in [2.45, 2.75) is 34.1 Å². The van der Waals surface area contributed by atoms with Gasteiger partial charge in [-0.1, -0.05) is 33.8 Å². The highest BCUT2D eigenvalue weighted by molar-refractivity contribution is 5.93. The summed E-state index contributed by atoms with van der Waals surface area (Å²) in [6.07, 6.45) is 0.874. The van der Waals surface area contributed by atoms with Gasteiger partial charge in [-0.2, -0.15) is 0 Å². The fourth-order valence-corrected chi connectivity index (χ4v) is 1.05. The molecule has 0 saturated carbocycles. The highest BCUT2D eigenvalue weighted by Crippen LogP contribution is 2.16. The maximum atomic E-state index is 11.7. The van der Waals surface area contributed by atoms with Gasteiger partial charge in [-0.3, -0.25) is 4.79 Å². The zero-order valence-corrected chi connectivity index (χ0v) is 9.79. The van der Waals surface area contributed by atoms with Gasteiger partial charge in [-0.15, -0.1) is 0 Å². The molecule has 1 amide bonds. The van der Waals surface area contributed by atoms with Gasteiger partial charge in [0.15, 0.2) is 0 Å². The first-order valence-electron chi connectivity index (χ1n) is 5.21. The minimum absolute atomic E-state index is 0.0109. The normalized spacial score (nSPS) is 11.2. The molecule has 1 N–H and O–H groups in total. The van der Waals surface area contributed by atoms with Crippen LogP contribution >= 0.6 is 0 Å². The monoisotopic (exact) mass is 206 g/mol. The SMILES string of the molecule is CCc1cccc(NC(=O)C(C)(C)C)n1. The molecule has 3 nitrogen and oxygen atoms in total. The summed E-state index contributed by atoms with van der Waals surface area (Å²) in [5.41, 5.74) is 0.603. The van der Waals surface area contributed by atoms with Crippen molar-refractivity contribution in [3.05, 3.63) is 23.9 Å². The summed E-state index contributed by atoms with van der Waals surface area (Å²) < 4.78 is 0. The van der Waals surface area contributed by atoms with Gasteiger partial charge in [0.2, 0.25) is 5.91 Å². The molecule has 0 fully saturated rings. The van der Waals surface area contributed by atoms with Crippen molar-refractivity contribution < 1.29 is 4.79 Å². The highest BCUT2D eigenvalue weighted by atomic mass is 16.2. The van der Waals surface area contributed by atoms with Crippen LogP contribution < -0.4 is 5.32 Å². The van der Waals surface area contributed by atoms with Crippen LogP contribution in [0.25, 0.3) is 0 Å². The summed E-state index contributed by atoms with van der Waals surface area (Å²) >= 11 is 0. The van der Waals surface area contributed by atoms with Gasteiger partial charge in [0.25, 0.3) is 0 Å². The zero-order chi connectivity index (χ0) is 11.5. The molecule has 0 radical (unpaired) electrons. The Bertz CT molecular complexity index is 353. The molecule has 0 aliphatic carbocycles. The summed E-state index contributed by atoms with van der Waals surface area (Å²) in [5, 5.41) is 2.81. The van der Waals surface area contributed by atoms with Crippen LogP contribution in [0.3, 0.4) is 0 Å². The topological polar surface area (TPSA) is 42.0 Å². The molecule has 15 heavy (non-hydrogen) atoms. The van der Waals surface area contributed by atoms with E-state index in [9.17, 15) is 4.79 Å². The molecule has 0 saturated heterocycles. The number of aryl methyl sites for hydroxylation is 1. The molecule has 0 aliphatic rings. The number of nitrogens with zero attached hydrogens (tertiary/aromatic N) is 1. The average Bonchev–Trinajstić information content (AvgIpc) is 2.16. The van der Waals surface area contributed by atoms with E-state index in [1.807, 2.05) is 45.9 Å². The Morgan fingerprint density at radius 3 is 2.60 bits per heavy atom. The summed E-state index contributed by atoms with van der Waals surface area (Å²) in [6, 6.07) is 5.67. The first-order valence-corrected chi connectivity index (χ1v) is 5.21. The quantitative estimate of drug-likeness (QED) is 0.808. The van der Waals surface area contributed by atoms with Gasteiger partial charge in [0.05, 0.1) is 0 Å². The molecule has 0 bridgehead atoms. The second-order valence-electron chi connectivity index (χ2n) is 4.57. The molecule has 0 atom stereocenters. The fraction of sp³-hybridized carbons (Fsp3) is 0.500. The molecular weight excluding hydrogens is 188 g/mol. The van der Waals surface area contributed by atoms with Crippen LogP contribution in [0, 0.1) is 5.41 Å². The number of rotatable bonds is 2. The first kappa shape index (κ1) is 11.7. The van der Waals surface area contributed by atoms with Crippen LogP contribution in [0.5, 0.6) is 0 Å². The lowest BCUT2D eigenvalue weighted by Crippen LogP contribution is -2.28. The predicted octanol–water partition coefficient (Wildman–Crippen LogP) is 2.63. The molecule has 0 unspecified atom stereocenters. The summed E-state index contributed by atoms with van der Waals surface area (Å²) in [6.45, 7) is 7.68. The average molecular weight is 206 g/mol. The molecule has 1 heterocycles. The van der Waals surface area contributed by atoms with Crippen molar-refractivity contribution in [2.75, 3.05) is 5.32 Å². The lowest BCUT2D eigenvalue weighted by Gasteiger charge is -2.17. The Morgan fingerprint density at radius 2 is 2.07 bits per heavy atom. The van der Waals surface area contributed by atoms with Crippen LogP contribution in [-0.4, -0.2) is 10.9 Å². The van der Waals surface area contributed by atoms with Gasteiger partial charge in [-0.05, 0) is 18.6 Å². The third kappa shape index (κ3) is 3.35. The smallest absolute Gasteiger partial charge is 0.230 e. The number of hydrogen-bond acceptors (Lipinski definition) is 2. The number of aromatic nitrogens is 1. The van der Waals surface area contributed by atoms with Crippen molar-refractivity contribution >= 4 is 11.7 Å². The second kappa shape index (κ2) is 4.43. The molecule has 0 spiro atoms. The third-order valence-electron chi connectivity index (χ3n) is 2.09. The van der Waals surface area contributed by atoms with E-state index in [4.69, 9.17) is 0 Å². The predicted molar refractivity (Wildman–Crippen MR) is 61.7 cm³/mol. The maximum absolute atomic E-state index is 11.7. The van der Waals surface area contributed by atoms with E-state index in [2.05, 4.69) is 10.3 Å². The Hall–Kier alpha value is -1.38. The number of hydrogen-bond donors (Lipinski definition) is 1. The summed E-state index contributed by atoms with van der Waals surface area (Å²) in [4.78, 5) is 16.0. The van der Waals surface area contributed by atoms with Crippen LogP contribution in [0.2, 0.25) is 0 Å². The van der Waals surface area contributed by atoms with E-state index in [1.165, 1.54) is 0 Å². The van der Waals surface area contributed by atoms with Crippen molar-refractivity contribution in [1.29, 1.82) is 0 Å². The van der Waals surface area contributed by atoms with E-state index in [0.717, 1.165) is 12.1 Å². The van der Waals surface area contributed by atoms with E-state index in [1.54, 1.807) is 0 Å². The van der Waals surface area contributed by atoms with Gasteiger partial charge >= 0.3 is 0 Å². The maximum Gasteiger partial charge on any atom is 0.230 e. The minimum atomic E-state index is -0.385. The molecule has 3 heteroatoms. The molecule has 0 aliphatic heterocycles. The number of pyridine rings is 1. The molecule has 1 aromatic heterocycles. The largest absolute Gasteiger partial charge is 0.310 e. The second-order valence-corrected chi connectivity index (χ2v) is 4.57. The van der Waals surface area contributed by atoms with Crippen LogP contribution in [0.1, 0.15) is 33.4 Å². The van der Waals surface area contributed by atoms with Gasteiger partial charge in [0.1, 0.15) is 5.82 Å². The highest BCUT2D eigenvalue weighted by Gasteiger charge is 2.21. The Kier molecular flexibility index (Phi) is 3.45. The molecule has 82 valence electrons. The minimum Gasteiger partial charge on any atom is -0.310 e. The number of nitrogens with one attached hydrogen (secondary N) is 1. The summed E-state index contributed by atoms with van der Waals surface area (Å²) in [5.74, 6) is 0.623. The molecular formula is C12H18N2O. The number of carbonyl (C=O) groups is 1. The Labute approximate surface area is 90.9 Å². The van der Waals surface area contributed by atoms with Gasteiger partial charge in [0, 0.05) is 11.1 Å².